The second-order valence-electron chi connectivity index (χ2n) is 11.4. The third kappa shape index (κ3) is 3.64. The van der Waals surface area contributed by atoms with Crippen LogP contribution in [-0.4, -0.2) is 32.0 Å². The van der Waals surface area contributed by atoms with Gasteiger partial charge in [0, 0.05) is 12.1 Å². The second-order valence-corrected chi connectivity index (χ2v) is 11.4. The summed E-state index contributed by atoms with van der Waals surface area (Å²) in [4.78, 5) is 16.8. The number of imidazole rings is 2. The smallest absolute Gasteiger partial charge is 0.155 e. The van der Waals surface area contributed by atoms with E-state index in [2.05, 4.69) is 57.0 Å². The van der Waals surface area contributed by atoms with Gasteiger partial charge in [0.05, 0.1) is 28.6 Å². The fourth-order valence-corrected chi connectivity index (χ4v) is 6.55. The summed E-state index contributed by atoms with van der Waals surface area (Å²) >= 11 is 0. The van der Waals surface area contributed by atoms with Crippen molar-refractivity contribution in [1.82, 2.24) is 30.6 Å². The van der Waals surface area contributed by atoms with Crippen molar-refractivity contribution in [3.8, 4) is 22.6 Å². The Labute approximate surface area is 221 Å². The number of aromatic amines is 2. The maximum absolute atomic E-state index is 6.31. The highest BCUT2D eigenvalue weighted by atomic mass is 16.5. The summed E-state index contributed by atoms with van der Waals surface area (Å²) < 4.78 is 6.31. The van der Waals surface area contributed by atoms with Crippen LogP contribution in [0, 0.1) is 11.8 Å². The van der Waals surface area contributed by atoms with Crippen LogP contribution in [-0.2, 0) is 0 Å². The summed E-state index contributed by atoms with van der Waals surface area (Å²) in [6.07, 6.45) is 5.02. The maximum atomic E-state index is 6.31. The molecule has 9 rings (SSSR count). The molecule has 2 aliphatic carbocycles. The van der Waals surface area contributed by atoms with Gasteiger partial charge in [-0.3, -0.25) is 0 Å². The number of hydrogen-bond acceptors (Lipinski definition) is 5. The molecule has 38 heavy (non-hydrogen) atoms. The van der Waals surface area contributed by atoms with Gasteiger partial charge in [0.15, 0.2) is 5.75 Å². The summed E-state index contributed by atoms with van der Waals surface area (Å²) in [6.45, 7) is 0. The number of benzene rings is 3. The highest BCUT2D eigenvalue weighted by molar-refractivity contribution is 5.83. The molecule has 6 atom stereocenters. The van der Waals surface area contributed by atoms with Crippen molar-refractivity contribution >= 4 is 22.1 Å². The van der Waals surface area contributed by atoms with Gasteiger partial charge in [-0.2, -0.15) is 0 Å². The number of piperidine rings is 2. The van der Waals surface area contributed by atoms with Gasteiger partial charge in [0.1, 0.15) is 22.9 Å². The van der Waals surface area contributed by atoms with Gasteiger partial charge in [0.2, 0.25) is 0 Å². The minimum atomic E-state index is 0. The van der Waals surface area contributed by atoms with Crippen LogP contribution >= 0.6 is 0 Å². The Morgan fingerprint density at radius 2 is 1.37 bits per heavy atom. The van der Waals surface area contributed by atoms with Gasteiger partial charge in [0.25, 0.3) is 0 Å². The summed E-state index contributed by atoms with van der Waals surface area (Å²) in [7, 11) is 0. The molecule has 5 aromatic rings. The van der Waals surface area contributed by atoms with Gasteiger partial charge in [-0.05, 0) is 85.0 Å². The molecule has 0 spiro atoms. The minimum Gasteiger partial charge on any atom is -0.455 e. The number of H-pyrrole nitrogens is 2. The molecule has 3 aromatic carbocycles. The quantitative estimate of drug-likeness (QED) is 0.223. The van der Waals surface area contributed by atoms with Crippen LogP contribution in [0.5, 0.6) is 11.5 Å². The van der Waals surface area contributed by atoms with Crippen molar-refractivity contribution in [3.05, 3.63) is 72.3 Å². The number of para-hydroxylation sites is 1. The molecule has 2 saturated heterocycles. The van der Waals surface area contributed by atoms with Crippen LogP contribution in [0.15, 0.2) is 60.7 Å². The van der Waals surface area contributed by atoms with Gasteiger partial charge in [-0.25, -0.2) is 9.97 Å². The molecular weight excluding hydrogens is 472 g/mol. The molecule has 0 amide bonds. The van der Waals surface area contributed by atoms with E-state index in [1.165, 1.54) is 25.7 Å². The second kappa shape index (κ2) is 8.16. The van der Waals surface area contributed by atoms with E-state index in [1.54, 1.807) is 0 Å². The van der Waals surface area contributed by atoms with Crippen molar-refractivity contribution in [2.75, 3.05) is 0 Å². The van der Waals surface area contributed by atoms with Crippen LogP contribution in [0.3, 0.4) is 0 Å². The van der Waals surface area contributed by atoms with Crippen molar-refractivity contribution in [3.63, 3.8) is 0 Å². The Balaban J connectivity index is 0.00000225. The molecular formula is C31H32N6O. The lowest BCUT2D eigenvalue weighted by molar-refractivity contribution is 0.487. The SMILES string of the molecule is C.c1cc(Oc2ccc(-c3ccc4nc([C@@H]5C[C@H]6C[C@H]6N5)[nH]c4c3)cc2)c2nc([C@@H]3C[C@H]4C[C@H]4N3)[nH]c2c1. The average Bonchev–Trinajstić information content (AvgIpc) is 3.51. The molecule has 0 bridgehead atoms. The zero-order valence-corrected chi connectivity index (χ0v) is 20.4. The van der Waals surface area contributed by atoms with E-state index >= 15 is 0 Å². The Bertz CT molecular complexity index is 1650. The number of aromatic nitrogens is 4. The van der Waals surface area contributed by atoms with E-state index in [0.717, 1.165) is 68.2 Å². The molecule has 2 aromatic heterocycles. The van der Waals surface area contributed by atoms with Crippen molar-refractivity contribution in [2.45, 2.75) is 57.3 Å². The number of hydrogen-bond donors (Lipinski definition) is 4. The Hall–Kier alpha value is -3.68. The fourth-order valence-electron chi connectivity index (χ4n) is 6.55. The van der Waals surface area contributed by atoms with Crippen molar-refractivity contribution in [2.24, 2.45) is 11.8 Å². The Morgan fingerprint density at radius 1 is 0.684 bits per heavy atom. The number of nitrogens with one attached hydrogen (secondary N) is 4. The highest BCUT2D eigenvalue weighted by Gasteiger charge is 2.47. The molecule has 0 unspecified atom stereocenters. The van der Waals surface area contributed by atoms with Gasteiger partial charge in [-0.1, -0.05) is 31.7 Å². The molecule has 7 heteroatoms. The molecule has 4 aliphatic rings. The highest BCUT2D eigenvalue weighted by Crippen LogP contribution is 2.47. The monoisotopic (exact) mass is 504 g/mol. The van der Waals surface area contributed by atoms with E-state index < -0.39 is 0 Å². The van der Waals surface area contributed by atoms with E-state index in [1.807, 2.05) is 24.3 Å². The summed E-state index contributed by atoms with van der Waals surface area (Å²) in [5.41, 5.74) is 6.33. The molecule has 2 aliphatic heterocycles. The van der Waals surface area contributed by atoms with E-state index in [4.69, 9.17) is 14.7 Å². The summed E-state index contributed by atoms with van der Waals surface area (Å²) in [6, 6.07) is 22.9. The molecule has 4 N–H and O–H groups in total. The normalized spacial score (nSPS) is 28.7. The fraction of sp³-hybridized carbons (Fsp3) is 0.355. The standard InChI is InChI=1S/C30H28N6O.CH4/c1-2-21-28(36-30(34-21)26-14-18-12-23(18)32-26)27(3-1)37-19-7-4-15(5-8-19)16-6-9-20-24(10-16)35-29(33-20)25-13-17-11-22(17)31-25;/h1-10,17-18,22-23,25-26,31-32H,11-14H2,(H,33,35)(H,34,36);1H4/t17-,18-,22-,23-,25+,26+;/m1./s1. The van der Waals surface area contributed by atoms with Gasteiger partial charge in [-0.15, -0.1) is 0 Å². The molecule has 7 nitrogen and oxygen atoms in total. The van der Waals surface area contributed by atoms with E-state index in [9.17, 15) is 0 Å². The number of nitrogens with zero attached hydrogens (tertiary/aromatic N) is 2. The minimum absolute atomic E-state index is 0. The number of fused-ring (bicyclic) bond motifs is 4. The summed E-state index contributed by atoms with van der Waals surface area (Å²) in [5, 5.41) is 7.37. The van der Waals surface area contributed by atoms with Crippen LogP contribution in [0.25, 0.3) is 33.2 Å². The zero-order chi connectivity index (χ0) is 24.1. The van der Waals surface area contributed by atoms with Gasteiger partial charge < -0.3 is 25.3 Å². The lowest BCUT2D eigenvalue weighted by atomic mass is 10.1. The largest absolute Gasteiger partial charge is 0.455 e. The molecule has 0 radical (unpaired) electrons. The lowest BCUT2D eigenvalue weighted by Gasteiger charge is -2.09. The molecule has 4 heterocycles. The van der Waals surface area contributed by atoms with Crippen LogP contribution in [0.2, 0.25) is 0 Å². The van der Waals surface area contributed by atoms with E-state index in [0.29, 0.717) is 24.2 Å². The maximum Gasteiger partial charge on any atom is 0.155 e. The van der Waals surface area contributed by atoms with Crippen molar-refractivity contribution < 1.29 is 4.74 Å². The molecule has 2 saturated carbocycles. The van der Waals surface area contributed by atoms with Crippen LogP contribution in [0.4, 0.5) is 0 Å². The first-order valence-corrected chi connectivity index (χ1v) is 13.5. The Kier molecular flexibility index (Phi) is 4.79. The van der Waals surface area contributed by atoms with Crippen LogP contribution in [0.1, 0.15) is 56.8 Å². The van der Waals surface area contributed by atoms with Gasteiger partial charge >= 0.3 is 0 Å². The first-order chi connectivity index (χ1) is 18.2. The molecule has 192 valence electrons. The van der Waals surface area contributed by atoms with E-state index in [-0.39, 0.29) is 7.43 Å². The topological polar surface area (TPSA) is 90.7 Å². The first-order valence-electron chi connectivity index (χ1n) is 13.5. The van der Waals surface area contributed by atoms with Crippen molar-refractivity contribution in [1.29, 1.82) is 0 Å². The lowest BCUT2D eigenvalue weighted by Crippen LogP contribution is -2.18. The molecule has 4 fully saturated rings. The predicted octanol–water partition coefficient (Wildman–Crippen LogP) is 6.38. The number of rotatable bonds is 5. The third-order valence-corrected chi connectivity index (χ3v) is 8.82. The number of ether oxygens (including phenoxy) is 1. The Morgan fingerprint density at radius 3 is 2.08 bits per heavy atom. The zero-order valence-electron chi connectivity index (χ0n) is 20.4. The van der Waals surface area contributed by atoms with Crippen LogP contribution < -0.4 is 15.4 Å². The predicted molar refractivity (Wildman–Crippen MR) is 149 cm³/mol. The summed E-state index contributed by atoms with van der Waals surface area (Å²) in [5.74, 6) is 5.35. The first kappa shape index (κ1) is 22.3. The average molecular weight is 505 g/mol. The third-order valence-electron chi connectivity index (χ3n) is 8.82.